The van der Waals surface area contributed by atoms with Crippen molar-refractivity contribution in [1.29, 1.82) is 0 Å². The Hall–Kier alpha value is -3.77. The number of nitrogens with zero attached hydrogens (tertiary/aromatic N) is 3. The minimum atomic E-state index is -4.03. The third-order valence-electron chi connectivity index (χ3n) is 5.90. The van der Waals surface area contributed by atoms with Gasteiger partial charge in [0.1, 0.15) is 12.6 Å². The number of nitro groups is 1. The van der Waals surface area contributed by atoms with Gasteiger partial charge >= 0.3 is 0 Å². The number of hydrogen-bond donors (Lipinski definition) is 1. The van der Waals surface area contributed by atoms with E-state index < -0.39 is 33.4 Å². The highest BCUT2D eigenvalue weighted by molar-refractivity contribution is 9.10. The largest absolute Gasteiger partial charge is 0.355 e. The van der Waals surface area contributed by atoms with E-state index in [-0.39, 0.29) is 30.2 Å². The number of sulfonamides is 1. The van der Waals surface area contributed by atoms with E-state index in [1.807, 2.05) is 42.5 Å². The molecule has 3 rings (SSSR count). The highest BCUT2D eigenvalue weighted by Gasteiger charge is 2.33. The number of anilines is 1. The Morgan fingerprint density at radius 3 is 2.26 bits per heavy atom. The molecule has 0 saturated heterocycles. The van der Waals surface area contributed by atoms with Gasteiger partial charge < -0.3 is 10.2 Å². The van der Waals surface area contributed by atoms with Crippen LogP contribution < -0.4 is 9.62 Å². The number of nitrogens with one attached hydrogen (secondary N) is 1. The van der Waals surface area contributed by atoms with Crippen molar-refractivity contribution < 1.29 is 22.9 Å². The summed E-state index contributed by atoms with van der Waals surface area (Å²) >= 11 is 3.39. The van der Waals surface area contributed by atoms with Crippen LogP contribution in [0.25, 0.3) is 0 Å². The molecule has 3 aromatic rings. The van der Waals surface area contributed by atoms with Gasteiger partial charge in [-0.05, 0) is 36.2 Å². The molecule has 10 nitrogen and oxygen atoms in total. The Morgan fingerprint density at radius 2 is 1.67 bits per heavy atom. The third-order valence-corrected chi connectivity index (χ3v) is 7.57. The molecule has 39 heavy (non-hydrogen) atoms. The summed E-state index contributed by atoms with van der Waals surface area (Å²) in [6, 6.07) is 20.5. The second-order valence-corrected chi connectivity index (χ2v) is 11.6. The molecule has 0 aliphatic heterocycles. The van der Waals surface area contributed by atoms with E-state index in [1.165, 1.54) is 23.1 Å². The fraction of sp³-hybridized carbons (Fsp3) is 0.259. The molecule has 2 amide bonds. The summed E-state index contributed by atoms with van der Waals surface area (Å²) in [7, 11) is -4.03. The number of likely N-dealkylation sites (N-methyl/N-ethyl adjacent to an activating group) is 1. The molecule has 0 aliphatic rings. The second kappa shape index (κ2) is 13.3. The molecule has 0 spiro atoms. The molecule has 3 aromatic carbocycles. The Balaban J connectivity index is 2.05. The monoisotopic (exact) mass is 616 g/mol. The van der Waals surface area contributed by atoms with Gasteiger partial charge in [0.05, 0.1) is 16.9 Å². The zero-order valence-corrected chi connectivity index (χ0v) is 23.9. The lowest BCUT2D eigenvalue weighted by Gasteiger charge is -2.33. The van der Waals surface area contributed by atoms with E-state index in [1.54, 1.807) is 19.1 Å². The van der Waals surface area contributed by atoms with Crippen molar-refractivity contribution in [2.24, 2.45) is 0 Å². The second-order valence-electron chi connectivity index (χ2n) is 8.79. The molecular formula is C27H29BrN4O6S. The molecule has 206 valence electrons. The van der Waals surface area contributed by atoms with Crippen LogP contribution in [0.2, 0.25) is 0 Å². The minimum Gasteiger partial charge on any atom is -0.355 e. The van der Waals surface area contributed by atoms with Crippen molar-refractivity contribution in [2.75, 3.05) is 23.7 Å². The van der Waals surface area contributed by atoms with Crippen LogP contribution in [0, 0.1) is 10.1 Å². The first kappa shape index (κ1) is 29.8. The van der Waals surface area contributed by atoms with Crippen LogP contribution in [0.3, 0.4) is 0 Å². The van der Waals surface area contributed by atoms with Crippen LogP contribution in [-0.2, 0) is 32.6 Å². The van der Waals surface area contributed by atoms with E-state index in [0.717, 1.165) is 32.2 Å². The fourth-order valence-electron chi connectivity index (χ4n) is 4.01. The zero-order valence-electron chi connectivity index (χ0n) is 21.5. The van der Waals surface area contributed by atoms with Crippen LogP contribution in [0.5, 0.6) is 0 Å². The SMILES string of the molecule is CCNC(=O)[C@@H](Cc1ccccc1)N(Cc1ccc(Br)cc1)C(=O)CN(c1cccc([N+](=O)[O-])c1)S(C)(=O)=O. The predicted octanol–water partition coefficient (Wildman–Crippen LogP) is 3.90. The van der Waals surface area contributed by atoms with Crippen molar-refractivity contribution in [3.63, 3.8) is 0 Å². The maximum Gasteiger partial charge on any atom is 0.271 e. The first-order chi connectivity index (χ1) is 18.5. The highest BCUT2D eigenvalue weighted by Crippen LogP contribution is 2.24. The summed E-state index contributed by atoms with van der Waals surface area (Å²) in [6.07, 6.45) is 1.12. The van der Waals surface area contributed by atoms with Crippen molar-refractivity contribution in [1.82, 2.24) is 10.2 Å². The number of nitro benzene ring substituents is 1. The third kappa shape index (κ3) is 8.36. The van der Waals surface area contributed by atoms with Crippen LogP contribution in [0.4, 0.5) is 11.4 Å². The van der Waals surface area contributed by atoms with Gasteiger partial charge in [-0.3, -0.25) is 24.0 Å². The number of benzene rings is 3. The number of carbonyl (C=O) groups excluding carboxylic acids is 2. The van der Waals surface area contributed by atoms with Gasteiger partial charge in [-0.1, -0.05) is 64.5 Å². The zero-order chi connectivity index (χ0) is 28.6. The van der Waals surface area contributed by atoms with Gasteiger partial charge in [0, 0.05) is 36.1 Å². The summed E-state index contributed by atoms with van der Waals surface area (Å²) in [4.78, 5) is 39.2. The van der Waals surface area contributed by atoms with Crippen molar-refractivity contribution in [2.45, 2.75) is 25.9 Å². The van der Waals surface area contributed by atoms with Gasteiger partial charge in [-0.25, -0.2) is 8.42 Å². The fourth-order valence-corrected chi connectivity index (χ4v) is 5.11. The van der Waals surface area contributed by atoms with E-state index in [0.29, 0.717) is 6.54 Å². The Labute approximate surface area is 236 Å². The van der Waals surface area contributed by atoms with E-state index in [2.05, 4.69) is 21.2 Å². The molecule has 12 heteroatoms. The molecule has 0 heterocycles. The first-order valence-corrected chi connectivity index (χ1v) is 14.7. The number of rotatable bonds is 12. The van der Waals surface area contributed by atoms with Gasteiger partial charge in [0.2, 0.25) is 21.8 Å². The van der Waals surface area contributed by atoms with Crippen molar-refractivity contribution in [3.8, 4) is 0 Å². The molecule has 0 bridgehead atoms. The van der Waals surface area contributed by atoms with Crippen molar-refractivity contribution in [3.05, 3.63) is 105 Å². The van der Waals surface area contributed by atoms with E-state index >= 15 is 0 Å². The number of hydrogen-bond acceptors (Lipinski definition) is 6. The summed E-state index contributed by atoms with van der Waals surface area (Å²) in [5, 5.41) is 14.1. The molecule has 0 unspecified atom stereocenters. The smallest absolute Gasteiger partial charge is 0.271 e. The van der Waals surface area contributed by atoms with Gasteiger partial charge in [0.15, 0.2) is 0 Å². The Morgan fingerprint density at radius 1 is 1.00 bits per heavy atom. The molecule has 1 N–H and O–H groups in total. The highest BCUT2D eigenvalue weighted by atomic mass is 79.9. The van der Waals surface area contributed by atoms with Crippen LogP contribution in [-0.4, -0.2) is 55.4 Å². The predicted molar refractivity (Wildman–Crippen MR) is 153 cm³/mol. The van der Waals surface area contributed by atoms with Gasteiger partial charge in [-0.15, -0.1) is 0 Å². The van der Waals surface area contributed by atoms with Crippen LogP contribution in [0.1, 0.15) is 18.1 Å². The average Bonchev–Trinajstić information content (AvgIpc) is 2.90. The van der Waals surface area contributed by atoms with E-state index in [4.69, 9.17) is 0 Å². The van der Waals surface area contributed by atoms with E-state index in [9.17, 15) is 28.1 Å². The summed E-state index contributed by atoms with van der Waals surface area (Å²) in [5.41, 5.74) is 1.21. The summed E-state index contributed by atoms with van der Waals surface area (Å²) in [6.45, 7) is 1.49. The Bertz CT molecular complexity index is 1420. The lowest BCUT2D eigenvalue weighted by molar-refractivity contribution is -0.384. The standard InChI is InChI=1S/C27H29BrN4O6S/c1-3-29-27(34)25(16-20-8-5-4-6-9-20)30(18-21-12-14-22(28)15-13-21)26(33)19-31(39(2,37)38)23-10-7-11-24(17-23)32(35)36/h4-15,17,25H,3,16,18-19H2,1-2H3,(H,29,34)/t25-/m1/s1. The molecular weight excluding hydrogens is 588 g/mol. The number of non-ortho nitro benzene ring substituents is 1. The van der Waals surface area contributed by atoms with Crippen molar-refractivity contribution >= 4 is 49.1 Å². The minimum absolute atomic E-state index is 0.0266. The molecule has 0 fully saturated rings. The Kier molecular flexibility index (Phi) is 10.2. The molecule has 0 saturated carbocycles. The van der Waals surface area contributed by atoms with Gasteiger partial charge in [-0.2, -0.15) is 0 Å². The van der Waals surface area contributed by atoms with Gasteiger partial charge in [0.25, 0.3) is 5.69 Å². The lowest BCUT2D eigenvalue weighted by Crippen LogP contribution is -2.53. The molecule has 0 aromatic heterocycles. The number of amides is 2. The maximum atomic E-state index is 13.9. The quantitative estimate of drug-likeness (QED) is 0.243. The molecule has 0 radical (unpaired) electrons. The molecule has 0 aliphatic carbocycles. The topological polar surface area (TPSA) is 130 Å². The number of carbonyl (C=O) groups is 2. The number of halogens is 1. The average molecular weight is 618 g/mol. The maximum absolute atomic E-state index is 13.9. The normalized spacial score (nSPS) is 11.9. The van der Waals surface area contributed by atoms with Crippen LogP contribution >= 0.6 is 15.9 Å². The van der Waals surface area contributed by atoms with Crippen LogP contribution in [0.15, 0.2) is 83.3 Å². The summed E-state index contributed by atoms with van der Waals surface area (Å²) < 4.78 is 27.2. The molecule has 1 atom stereocenters. The lowest BCUT2D eigenvalue weighted by atomic mass is 10.0. The first-order valence-electron chi connectivity index (χ1n) is 12.1. The summed E-state index contributed by atoms with van der Waals surface area (Å²) in [5.74, 6) is -1.02.